The average molecular weight is 411 g/mol. The zero-order chi connectivity index (χ0) is 17.9. The summed E-state index contributed by atoms with van der Waals surface area (Å²) < 4.78 is 23.5. The van der Waals surface area contributed by atoms with Gasteiger partial charge in [0, 0.05) is 4.47 Å². The highest BCUT2D eigenvalue weighted by Crippen LogP contribution is 2.23. The number of carbonyl (C=O) groups is 1. The van der Waals surface area contributed by atoms with Crippen molar-refractivity contribution < 1.29 is 13.2 Å². The molecule has 0 radical (unpaired) electrons. The Hall–Kier alpha value is -1.70. The lowest BCUT2D eigenvalue weighted by Crippen LogP contribution is -2.28. The maximum absolute atomic E-state index is 12.6. The molecule has 0 aromatic heterocycles. The summed E-state index contributed by atoms with van der Waals surface area (Å²) >= 11 is 3.28. The van der Waals surface area contributed by atoms with Crippen LogP contribution in [0.1, 0.15) is 40.9 Å². The van der Waals surface area contributed by atoms with Crippen molar-refractivity contribution in [1.82, 2.24) is 5.32 Å². The molecule has 3 N–H and O–H groups in total. The molecule has 0 saturated carbocycles. The minimum atomic E-state index is -3.87. The number of benzene rings is 2. The molecule has 2 rings (SSSR count). The second kappa shape index (κ2) is 7.46. The van der Waals surface area contributed by atoms with Gasteiger partial charge in [0.2, 0.25) is 10.0 Å². The fraction of sp³-hybridized carbons (Fsp3) is 0.235. The molecule has 0 heterocycles. The molecular formula is C17H19BrN2O3S. The standard InChI is InChI=1S/C17H19BrN2O3S/c1-3-16(12-6-4-11(2)5-7-12)20-17(21)14-10-13(24(19,22)23)8-9-15(14)18/h4-10,16H,3H2,1-2H3,(H,20,21)(H2,19,22,23)/t16-/m0/s1. The molecule has 128 valence electrons. The van der Waals surface area contributed by atoms with E-state index < -0.39 is 10.0 Å². The predicted octanol–water partition coefficient (Wildman–Crippen LogP) is 3.29. The molecule has 24 heavy (non-hydrogen) atoms. The highest BCUT2D eigenvalue weighted by atomic mass is 79.9. The number of carbonyl (C=O) groups excluding carboxylic acids is 1. The van der Waals surface area contributed by atoms with Crippen LogP contribution in [-0.2, 0) is 10.0 Å². The number of nitrogens with two attached hydrogens (primary N) is 1. The van der Waals surface area contributed by atoms with Crippen molar-refractivity contribution in [2.75, 3.05) is 0 Å². The third kappa shape index (κ3) is 4.43. The number of halogens is 1. The van der Waals surface area contributed by atoms with Crippen molar-refractivity contribution in [2.45, 2.75) is 31.2 Å². The first-order valence-electron chi connectivity index (χ1n) is 7.42. The van der Waals surface area contributed by atoms with Gasteiger partial charge in [0.05, 0.1) is 16.5 Å². The SMILES string of the molecule is CC[C@H](NC(=O)c1cc(S(N)(=O)=O)ccc1Br)c1ccc(C)cc1. The Morgan fingerprint density at radius 2 is 1.83 bits per heavy atom. The van der Waals surface area contributed by atoms with Gasteiger partial charge in [-0.05, 0) is 53.0 Å². The molecule has 7 heteroatoms. The first-order valence-corrected chi connectivity index (χ1v) is 9.76. The van der Waals surface area contributed by atoms with Crippen molar-refractivity contribution in [3.05, 3.63) is 63.6 Å². The number of rotatable bonds is 5. The fourth-order valence-electron chi connectivity index (χ4n) is 2.31. The van der Waals surface area contributed by atoms with Gasteiger partial charge in [-0.15, -0.1) is 0 Å². The van der Waals surface area contributed by atoms with Gasteiger partial charge >= 0.3 is 0 Å². The summed E-state index contributed by atoms with van der Waals surface area (Å²) in [6.07, 6.45) is 0.710. The molecule has 0 aliphatic heterocycles. The van der Waals surface area contributed by atoms with E-state index in [0.717, 1.165) is 11.1 Å². The molecule has 2 aromatic carbocycles. The van der Waals surface area contributed by atoms with Crippen LogP contribution >= 0.6 is 15.9 Å². The number of primary sulfonamides is 1. The second-order valence-electron chi connectivity index (χ2n) is 5.53. The molecule has 5 nitrogen and oxygen atoms in total. The maximum Gasteiger partial charge on any atom is 0.252 e. The molecule has 0 aliphatic rings. The summed E-state index contributed by atoms with van der Waals surface area (Å²) in [6, 6.07) is 11.9. The number of sulfonamides is 1. The summed E-state index contributed by atoms with van der Waals surface area (Å²) in [7, 11) is -3.87. The van der Waals surface area contributed by atoms with Gasteiger partial charge in [-0.2, -0.15) is 0 Å². The van der Waals surface area contributed by atoms with Crippen LogP contribution in [-0.4, -0.2) is 14.3 Å². The van der Waals surface area contributed by atoms with Crippen LogP contribution in [0.3, 0.4) is 0 Å². The van der Waals surface area contributed by atoms with E-state index in [1.54, 1.807) is 0 Å². The monoisotopic (exact) mass is 410 g/mol. The molecular weight excluding hydrogens is 392 g/mol. The van der Waals surface area contributed by atoms with Crippen LogP contribution in [0.5, 0.6) is 0 Å². The molecule has 0 unspecified atom stereocenters. The van der Waals surface area contributed by atoms with E-state index in [2.05, 4.69) is 21.2 Å². The van der Waals surface area contributed by atoms with Crippen molar-refractivity contribution in [3.8, 4) is 0 Å². The van der Waals surface area contributed by atoms with Gasteiger partial charge in [0.25, 0.3) is 5.91 Å². The van der Waals surface area contributed by atoms with E-state index in [1.165, 1.54) is 18.2 Å². The lowest BCUT2D eigenvalue weighted by Gasteiger charge is -2.18. The summed E-state index contributed by atoms with van der Waals surface area (Å²) in [4.78, 5) is 12.5. The molecule has 0 aliphatic carbocycles. The fourth-order valence-corrected chi connectivity index (χ4v) is 3.28. The Morgan fingerprint density at radius 3 is 2.38 bits per heavy atom. The Morgan fingerprint density at radius 1 is 1.21 bits per heavy atom. The second-order valence-corrected chi connectivity index (χ2v) is 7.95. The van der Waals surface area contributed by atoms with E-state index in [9.17, 15) is 13.2 Å². The predicted molar refractivity (Wildman–Crippen MR) is 97.2 cm³/mol. The van der Waals surface area contributed by atoms with Gasteiger partial charge in [-0.1, -0.05) is 36.8 Å². The summed E-state index contributed by atoms with van der Waals surface area (Å²) in [5, 5.41) is 8.07. The molecule has 0 spiro atoms. The minimum absolute atomic E-state index is 0.0979. The number of nitrogens with one attached hydrogen (secondary N) is 1. The van der Waals surface area contributed by atoms with Gasteiger partial charge in [-0.25, -0.2) is 13.6 Å². The van der Waals surface area contributed by atoms with Crippen molar-refractivity contribution >= 4 is 31.9 Å². The zero-order valence-electron chi connectivity index (χ0n) is 13.4. The van der Waals surface area contributed by atoms with Crippen molar-refractivity contribution in [2.24, 2.45) is 5.14 Å². The Kier molecular flexibility index (Phi) is 5.79. The lowest BCUT2D eigenvalue weighted by molar-refractivity contribution is 0.0934. The first kappa shape index (κ1) is 18.6. The van der Waals surface area contributed by atoms with Crippen LogP contribution in [0, 0.1) is 6.92 Å². The van der Waals surface area contributed by atoms with Gasteiger partial charge < -0.3 is 5.32 Å². The lowest BCUT2D eigenvalue weighted by atomic mass is 10.0. The minimum Gasteiger partial charge on any atom is -0.345 e. The molecule has 1 atom stereocenters. The van der Waals surface area contributed by atoms with Crippen LogP contribution in [0.15, 0.2) is 51.8 Å². The van der Waals surface area contributed by atoms with E-state index >= 15 is 0 Å². The van der Waals surface area contributed by atoms with Gasteiger partial charge in [-0.3, -0.25) is 4.79 Å². The Bertz CT molecular complexity index is 849. The normalized spacial score (nSPS) is 12.7. The van der Waals surface area contributed by atoms with Crippen LogP contribution in [0.25, 0.3) is 0 Å². The zero-order valence-corrected chi connectivity index (χ0v) is 15.8. The molecule has 1 amide bonds. The number of hydrogen-bond acceptors (Lipinski definition) is 3. The highest BCUT2D eigenvalue weighted by molar-refractivity contribution is 9.10. The topological polar surface area (TPSA) is 89.3 Å². The Balaban J connectivity index is 2.29. The van der Waals surface area contributed by atoms with Gasteiger partial charge in [0.15, 0.2) is 0 Å². The van der Waals surface area contributed by atoms with Crippen LogP contribution < -0.4 is 10.5 Å². The van der Waals surface area contributed by atoms with E-state index in [0.29, 0.717) is 10.9 Å². The van der Waals surface area contributed by atoms with Crippen LogP contribution in [0.4, 0.5) is 0 Å². The summed E-state index contributed by atoms with van der Waals surface area (Å²) in [6.45, 7) is 3.97. The maximum atomic E-state index is 12.6. The van der Waals surface area contributed by atoms with E-state index in [-0.39, 0.29) is 22.4 Å². The van der Waals surface area contributed by atoms with Crippen molar-refractivity contribution in [1.29, 1.82) is 0 Å². The number of aryl methyl sites for hydroxylation is 1. The van der Waals surface area contributed by atoms with Gasteiger partial charge in [0.1, 0.15) is 0 Å². The number of amides is 1. The average Bonchev–Trinajstić information content (AvgIpc) is 2.52. The largest absolute Gasteiger partial charge is 0.345 e. The summed E-state index contributed by atoms with van der Waals surface area (Å²) in [5.74, 6) is -0.361. The van der Waals surface area contributed by atoms with E-state index in [4.69, 9.17) is 5.14 Å². The molecule has 0 bridgehead atoms. The molecule has 2 aromatic rings. The molecule has 0 fully saturated rings. The Labute approximate surface area is 150 Å². The molecule has 0 saturated heterocycles. The van der Waals surface area contributed by atoms with Crippen molar-refractivity contribution in [3.63, 3.8) is 0 Å². The van der Waals surface area contributed by atoms with E-state index in [1.807, 2.05) is 38.1 Å². The first-order chi connectivity index (χ1) is 11.2. The smallest absolute Gasteiger partial charge is 0.252 e. The summed E-state index contributed by atoms with van der Waals surface area (Å²) in [5.41, 5.74) is 2.37. The number of hydrogen-bond donors (Lipinski definition) is 2. The highest BCUT2D eigenvalue weighted by Gasteiger charge is 2.18. The third-order valence-corrected chi connectivity index (χ3v) is 5.31. The third-order valence-electron chi connectivity index (χ3n) is 3.70. The quantitative estimate of drug-likeness (QED) is 0.791. The van der Waals surface area contributed by atoms with Crippen LogP contribution in [0.2, 0.25) is 0 Å².